The molecular formula is C21H26N2O. The summed E-state index contributed by atoms with van der Waals surface area (Å²) in [6, 6.07) is 15.4. The van der Waals surface area contributed by atoms with E-state index in [9.17, 15) is 4.79 Å². The molecule has 1 heterocycles. The van der Waals surface area contributed by atoms with Crippen molar-refractivity contribution in [3.63, 3.8) is 0 Å². The van der Waals surface area contributed by atoms with E-state index in [0.29, 0.717) is 11.9 Å². The molecule has 1 N–H and O–H groups in total. The van der Waals surface area contributed by atoms with E-state index in [1.165, 1.54) is 29.2 Å². The van der Waals surface area contributed by atoms with E-state index in [0.717, 1.165) is 38.9 Å². The topological polar surface area (TPSA) is 32.3 Å². The minimum Gasteiger partial charge on any atom is -0.334 e. The van der Waals surface area contributed by atoms with Gasteiger partial charge >= 0.3 is 0 Å². The highest BCUT2D eigenvalue weighted by molar-refractivity contribution is 5.83. The Morgan fingerprint density at radius 2 is 1.83 bits per heavy atom. The van der Waals surface area contributed by atoms with Crippen molar-refractivity contribution in [1.29, 1.82) is 0 Å². The van der Waals surface area contributed by atoms with Crippen molar-refractivity contribution >= 4 is 16.7 Å². The molecule has 3 nitrogen and oxygen atoms in total. The van der Waals surface area contributed by atoms with Crippen LogP contribution in [0.2, 0.25) is 0 Å². The van der Waals surface area contributed by atoms with Crippen LogP contribution in [0.15, 0.2) is 42.5 Å². The van der Waals surface area contributed by atoms with Crippen LogP contribution in [-0.4, -0.2) is 29.9 Å². The van der Waals surface area contributed by atoms with E-state index < -0.39 is 0 Å². The van der Waals surface area contributed by atoms with Gasteiger partial charge in [-0.1, -0.05) is 49.2 Å². The van der Waals surface area contributed by atoms with Crippen molar-refractivity contribution in [1.82, 2.24) is 10.2 Å². The van der Waals surface area contributed by atoms with E-state index in [-0.39, 0.29) is 5.92 Å². The second-order valence-electron chi connectivity index (χ2n) is 7.28. The zero-order chi connectivity index (χ0) is 16.4. The molecule has 1 amide bonds. The van der Waals surface area contributed by atoms with Crippen LogP contribution >= 0.6 is 0 Å². The molecule has 0 unspecified atom stereocenters. The van der Waals surface area contributed by atoms with Gasteiger partial charge in [-0.05, 0) is 48.2 Å². The minimum absolute atomic E-state index is 0.256. The van der Waals surface area contributed by atoms with Crippen molar-refractivity contribution < 1.29 is 4.79 Å². The maximum Gasteiger partial charge on any atom is 0.226 e. The van der Waals surface area contributed by atoms with Crippen LogP contribution < -0.4 is 5.32 Å². The highest BCUT2D eigenvalue weighted by atomic mass is 16.2. The van der Waals surface area contributed by atoms with Gasteiger partial charge in [0.25, 0.3) is 0 Å². The fraction of sp³-hybridized carbons (Fsp3) is 0.476. The van der Waals surface area contributed by atoms with Gasteiger partial charge in [0.05, 0.1) is 0 Å². The lowest BCUT2D eigenvalue weighted by Gasteiger charge is -2.31. The average molecular weight is 322 g/mol. The van der Waals surface area contributed by atoms with E-state index in [2.05, 4.69) is 52.7 Å². The molecule has 0 bridgehead atoms. The fourth-order valence-corrected chi connectivity index (χ4v) is 4.23. The Morgan fingerprint density at radius 1 is 1.04 bits per heavy atom. The third-order valence-corrected chi connectivity index (χ3v) is 5.63. The highest BCUT2D eigenvalue weighted by Crippen LogP contribution is 2.29. The number of carbonyl (C=O) groups is 1. The molecule has 1 saturated heterocycles. The van der Waals surface area contributed by atoms with Crippen LogP contribution in [0.25, 0.3) is 10.8 Å². The SMILES string of the molecule is O=C(C1CCCC1)N(Cc1ccc2ccccc2c1)[C@H]1CCNC1. The predicted molar refractivity (Wildman–Crippen MR) is 97.7 cm³/mol. The summed E-state index contributed by atoms with van der Waals surface area (Å²) in [5.41, 5.74) is 1.24. The number of hydrogen-bond donors (Lipinski definition) is 1. The minimum atomic E-state index is 0.256. The largest absolute Gasteiger partial charge is 0.334 e. The number of carbonyl (C=O) groups excluding carboxylic acids is 1. The molecule has 2 aliphatic rings. The molecule has 24 heavy (non-hydrogen) atoms. The number of benzene rings is 2. The lowest BCUT2D eigenvalue weighted by Crippen LogP contribution is -2.43. The summed E-state index contributed by atoms with van der Waals surface area (Å²) in [5.74, 6) is 0.639. The first-order valence-electron chi connectivity index (χ1n) is 9.30. The predicted octanol–water partition coefficient (Wildman–Crippen LogP) is 3.72. The lowest BCUT2D eigenvalue weighted by atomic mass is 10.0. The molecule has 1 aliphatic heterocycles. The molecule has 1 aliphatic carbocycles. The molecule has 2 fully saturated rings. The summed E-state index contributed by atoms with van der Waals surface area (Å²) in [6.07, 6.45) is 5.65. The Kier molecular flexibility index (Phi) is 4.52. The average Bonchev–Trinajstić information content (AvgIpc) is 3.32. The fourth-order valence-electron chi connectivity index (χ4n) is 4.23. The first-order valence-corrected chi connectivity index (χ1v) is 9.30. The molecular weight excluding hydrogens is 296 g/mol. The van der Waals surface area contributed by atoms with Gasteiger partial charge in [0.1, 0.15) is 0 Å². The molecule has 1 atom stereocenters. The van der Waals surface area contributed by atoms with Gasteiger partial charge in [-0.3, -0.25) is 4.79 Å². The number of fused-ring (bicyclic) bond motifs is 1. The second-order valence-corrected chi connectivity index (χ2v) is 7.28. The number of nitrogens with one attached hydrogen (secondary N) is 1. The monoisotopic (exact) mass is 322 g/mol. The van der Waals surface area contributed by atoms with E-state index >= 15 is 0 Å². The standard InChI is InChI=1S/C21H26N2O/c24-21(18-6-2-3-7-18)23(20-11-12-22-14-20)15-16-9-10-17-5-1-4-8-19(17)13-16/h1,4-5,8-10,13,18,20,22H,2-3,6-7,11-12,14-15H2/t20-/m0/s1. The summed E-state index contributed by atoms with van der Waals surface area (Å²) in [4.78, 5) is 15.3. The molecule has 0 aromatic heterocycles. The van der Waals surface area contributed by atoms with E-state index in [4.69, 9.17) is 0 Å². The van der Waals surface area contributed by atoms with Crippen molar-refractivity contribution in [2.45, 2.75) is 44.7 Å². The Hall–Kier alpha value is -1.87. The Labute approximate surface area is 144 Å². The molecule has 2 aromatic carbocycles. The van der Waals surface area contributed by atoms with Gasteiger partial charge in [0.2, 0.25) is 5.91 Å². The smallest absolute Gasteiger partial charge is 0.226 e. The molecule has 4 rings (SSSR count). The Balaban J connectivity index is 1.58. The van der Waals surface area contributed by atoms with Crippen LogP contribution in [0.1, 0.15) is 37.7 Å². The van der Waals surface area contributed by atoms with Crippen LogP contribution in [0.4, 0.5) is 0 Å². The van der Waals surface area contributed by atoms with Gasteiger partial charge in [-0.2, -0.15) is 0 Å². The van der Waals surface area contributed by atoms with Gasteiger partial charge < -0.3 is 10.2 Å². The van der Waals surface area contributed by atoms with Crippen LogP contribution in [0.5, 0.6) is 0 Å². The molecule has 3 heteroatoms. The molecule has 1 saturated carbocycles. The van der Waals surface area contributed by atoms with Crippen molar-refractivity contribution in [3.8, 4) is 0 Å². The zero-order valence-electron chi connectivity index (χ0n) is 14.2. The van der Waals surface area contributed by atoms with Crippen molar-refractivity contribution in [2.75, 3.05) is 13.1 Å². The van der Waals surface area contributed by atoms with Gasteiger partial charge in [0.15, 0.2) is 0 Å². The maximum absolute atomic E-state index is 13.1. The summed E-state index contributed by atoms with van der Waals surface area (Å²) >= 11 is 0. The third-order valence-electron chi connectivity index (χ3n) is 5.63. The first-order chi connectivity index (χ1) is 11.8. The van der Waals surface area contributed by atoms with Gasteiger partial charge in [-0.15, -0.1) is 0 Å². The van der Waals surface area contributed by atoms with Crippen molar-refractivity contribution in [2.24, 2.45) is 5.92 Å². The van der Waals surface area contributed by atoms with Crippen LogP contribution in [-0.2, 0) is 11.3 Å². The van der Waals surface area contributed by atoms with Crippen LogP contribution in [0.3, 0.4) is 0 Å². The second kappa shape index (κ2) is 6.94. The van der Waals surface area contributed by atoms with Gasteiger partial charge in [0, 0.05) is 25.0 Å². The normalized spacial score (nSPS) is 21.4. The lowest BCUT2D eigenvalue weighted by molar-refractivity contribution is -0.138. The van der Waals surface area contributed by atoms with Gasteiger partial charge in [-0.25, -0.2) is 0 Å². The van der Waals surface area contributed by atoms with Crippen molar-refractivity contribution in [3.05, 3.63) is 48.0 Å². The number of hydrogen-bond acceptors (Lipinski definition) is 2. The van der Waals surface area contributed by atoms with Crippen LogP contribution in [0, 0.1) is 5.92 Å². The number of rotatable bonds is 4. The quantitative estimate of drug-likeness (QED) is 0.930. The van der Waals surface area contributed by atoms with E-state index in [1.54, 1.807) is 0 Å². The Bertz CT molecular complexity index is 715. The number of amides is 1. The first kappa shape index (κ1) is 15.6. The molecule has 2 aromatic rings. The zero-order valence-corrected chi connectivity index (χ0v) is 14.2. The summed E-state index contributed by atoms with van der Waals surface area (Å²) in [7, 11) is 0. The highest BCUT2D eigenvalue weighted by Gasteiger charge is 2.32. The molecule has 0 spiro atoms. The summed E-state index contributed by atoms with van der Waals surface area (Å²) < 4.78 is 0. The Morgan fingerprint density at radius 3 is 2.58 bits per heavy atom. The molecule has 126 valence electrons. The third kappa shape index (κ3) is 3.18. The number of nitrogens with zero attached hydrogens (tertiary/aromatic N) is 1. The summed E-state index contributed by atoms with van der Waals surface area (Å²) in [5, 5.41) is 5.94. The van der Waals surface area contributed by atoms with E-state index in [1.807, 2.05) is 0 Å². The maximum atomic E-state index is 13.1. The molecule has 0 radical (unpaired) electrons. The summed E-state index contributed by atoms with van der Waals surface area (Å²) in [6.45, 7) is 2.70.